The maximum absolute atomic E-state index is 2.37. The first-order valence-electron chi connectivity index (χ1n) is 9.87. The van der Waals surface area contributed by atoms with Gasteiger partial charge in [0.15, 0.2) is 12.1 Å². The van der Waals surface area contributed by atoms with Crippen LogP contribution in [0.5, 0.6) is 0 Å². The number of thioether (sulfide) groups is 1. The van der Waals surface area contributed by atoms with E-state index in [4.69, 9.17) is 0 Å². The van der Waals surface area contributed by atoms with Crippen LogP contribution in [0.15, 0.2) is 42.6 Å². The van der Waals surface area contributed by atoms with E-state index in [-0.39, 0.29) is 0 Å². The summed E-state index contributed by atoms with van der Waals surface area (Å²) in [6.07, 6.45) is 16.4. The second-order valence-electron chi connectivity index (χ2n) is 6.76. The number of benzene rings is 1. The van der Waals surface area contributed by atoms with E-state index in [1.54, 1.807) is 0 Å². The SMILES string of the molecule is CCCCCCCCCCCCSC[n+]1cccc2ccccc21. The molecule has 0 N–H and O–H groups in total. The minimum absolute atomic E-state index is 1.07. The highest BCUT2D eigenvalue weighted by atomic mass is 32.2. The zero-order chi connectivity index (χ0) is 16.9. The van der Waals surface area contributed by atoms with Crippen molar-refractivity contribution < 1.29 is 4.57 Å². The first-order valence-corrected chi connectivity index (χ1v) is 11.0. The summed E-state index contributed by atoms with van der Waals surface area (Å²) < 4.78 is 2.37. The van der Waals surface area contributed by atoms with Crippen LogP contribution in [0.3, 0.4) is 0 Å². The van der Waals surface area contributed by atoms with Gasteiger partial charge in [0.2, 0.25) is 5.52 Å². The lowest BCUT2D eigenvalue weighted by atomic mass is 10.1. The predicted molar refractivity (Wildman–Crippen MR) is 108 cm³/mol. The summed E-state index contributed by atoms with van der Waals surface area (Å²) >= 11 is 2.06. The molecule has 1 nitrogen and oxygen atoms in total. The maximum atomic E-state index is 2.37. The molecule has 0 saturated heterocycles. The van der Waals surface area contributed by atoms with Crippen molar-refractivity contribution >= 4 is 22.7 Å². The van der Waals surface area contributed by atoms with Crippen LogP contribution in [0.2, 0.25) is 0 Å². The van der Waals surface area contributed by atoms with Crippen LogP contribution in [0.1, 0.15) is 71.1 Å². The molecular formula is C22H34NS+. The number of pyridine rings is 1. The third kappa shape index (κ3) is 7.25. The van der Waals surface area contributed by atoms with E-state index in [2.05, 4.69) is 65.8 Å². The van der Waals surface area contributed by atoms with E-state index in [9.17, 15) is 0 Å². The fourth-order valence-electron chi connectivity index (χ4n) is 3.19. The van der Waals surface area contributed by atoms with Gasteiger partial charge >= 0.3 is 0 Å². The summed E-state index contributed by atoms with van der Waals surface area (Å²) in [6.45, 7) is 2.29. The number of unbranched alkanes of at least 4 members (excludes halogenated alkanes) is 9. The molecule has 0 fully saturated rings. The molecule has 0 bridgehead atoms. The number of fused-ring (bicyclic) bond motifs is 1. The van der Waals surface area contributed by atoms with E-state index >= 15 is 0 Å². The van der Waals surface area contributed by atoms with Gasteiger partial charge in [-0.3, -0.25) is 0 Å². The molecule has 2 aromatic rings. The van der Waals surface area contributed by atoms with Crippen LogP contribution in [-0.4, -0.2) is 5.75 Å². The average Bonchev–Trinajstić information content (AvgIpc) is 2.63. The summed E-state index contributed by atoms with van der Waals surface area (Å²) in [5, 5.41) is 1.33. The molecule has 0 atom stereocenters. The van der Waals surface area contributed by atoms with E-state index < -0.39 is 0 Å². The molecule has 0 unspecified atom stereocenters. The van der Waals surface area contributed by atoms with Crippen molar-refractivity contribution in [2.75, 3.05) is 5.75 Å². The molecule has 2 rings (SSSR count). The van der Waals surface area contributed by atoms with Gasteiger partial charge < -0.3 is 0 Å². The molecule has 0 aliphatic rings. The largest absolute Gasteiger partial charge is 0.213 e. The Hall–Kier alpha value is -1.02. The first-order chi connectivity index (χ1) is 11.9. The van der Waals surface area contributed by atoms with Crippen LogP contribution >= 0.6 is 11.8 Å². The van der Waals surface area contributed by atoms with Crippen LogP contribution in [0.4, 0.5) is 0 Å². The zero-order valence-corrected chi connectivity index (χ0v) is 16.2. The van der Waals surface area contributed by atoms with Crippen LogP contribution in [0.25, 0.3) is 10.9 Å². The van der Waals surface area contributed by atoms with Gasteiger partial charge in [0.25, 0.3) is 0 Å². The summed E-state index contributed by atoms with van der Waals surface area (Å²) in [5.41, 5.74) is 1.34. The maximum Gasteiger partial charge on any atom is 0.213 e. The van der Waals surface area contributed by atoms with Gasteiger partial charge in [-0.15, -0.1) is 0 Å². The highest BCUT2D eigenvalue weighted by Gasteiger charge is 2.06. The molecular weight excluding hydrogens is 310 g/mol. The zero-order valence-electron chi connectivity index (χ0n) is 15.4. The normalized spacial score (nSPS) is 11.2. The fourth-order valence-corrected chi connectivity index (χ4v) is 4.15. The van der Waals surface area contributed by atoms with Gasteiger partial charge in [0.1, 0.15) is 0 Å². The van der Waals surface area contributed by atoms with Crippen LogP contribution in [0, 0.1) is 0 Å². The van der Waals surface area contributed by atoms with Crippen LogP contribution in [-0.2, 0) is 5.88 Å². The minimum Gasteiger partial charge on any atom is -0.189 e. The van der Waals surface area contributed by atoms with E-state index in [0.29, 0.717) is 0 Å². The number of hydrogen-bond acceptors (Lipinski definition) is 1. The van der Waals surface area contributed by atoms with Crippen molar-refractivity contribution in [2.45, 2.75) is 77.0 Å². The lowest BCUT2D eigenvalue weighted by molar-refractivity contribution is -0.649. The molecule has 0 radical (unpaired) electrons. The second kappa shape index (κ2) is 12.4. The molecule has 0 aliphatic carbocycles. The monoisotopic (exact) mass is 344 g/mol. The van der Waals surface area contributed by atoms with E-state index in [1.165, 1.54) is 80.9 Å². The molecule has 0 amide bonds. The number of aromatic nitrogens is 1. The highest BCUT2D eigenvalue weighted by molar-refractivity contribution is 7.98. The van der Waals surface area contributed by atoms with Crippen molar-refractivity contribution in [1.29, 1.82) is 0 Å². The highest BCUT2D eigenvalue weighted by Crippen LogP contribution is 2.13. The molecule has 0 saturated carbocycles. The summed E-state index contributed by atoms with van der Waals surface area (Å²) in [7, 11) is 0. The number of rotatable bonds is 13. The fraction of sp³-hybridized carbons (Fsp3) is 0.591. The molecule has 2 heteroatoms. The standard InChI is InChI=1S/C22H34NS/c1-2-3-4-5-6-7-8-9-10-13-19-24-20-23-18-14-16-21-15-11-12-17-22(21)23/h11-12,14-18H,2-10,13,19-20H2,1H3/q+1. The van der Waals surface area contributed by atoms with Gasteiger partial charge in [-0.25, -0.2) is 0 Å². The van der Waals surface area contributed by atoms with Crippen molar-refractivity contribution in [3.63, 3.8) is 0 Å². The molecule has 0 aliphatic heterocycles. The van der Waals surface area contributed by atoms with Gasteiger partial charge in [-0.05, 0) is 24.3 Å². The number of nitrogens with zero attached hydrogens (tertiary/aromatic N) is 1. The Labute approximate surface area is 152 Å². The van der Waals surface area contributed by atoms with Crippen molar-refractivity contribution in [2.24, 2.45) is 0 Å². The summed E-state index contributed by atoms with van der Waals surface area (Å²) in [4.78, 5) is 0. The Morgan fingerprint density at radius 1 is 0.750 bits per heavy atom. The molecule has 24 heavy (non-hydrogen) atoms. The molecule has 1 aromatic heterocycles. The summed E-state index contributed by atoms with van der Waals surface area (Å²) in [6, 6.07) is 13.0. The first kappa shape index (κ1) is 19.3. The minimum atomic E-state index is 1.07. The topological polar surface area (TPSA) is 3.88 Å². The Morgan fingerprint density at radius 2 is 1.38 bits per heavy atom. The third-order valence-electron chi connectivity index (χ3n) is 4.66. The molecule has 132 valence electrons. The van der Waals surface area contributed by atoms with Gasteiger partial charge in [0.05, 0.1) is 0 Å². The molecule has 1 aromatic carbocycles. The van der Waals surface area contributed by atoms with Gasteiger partial charge in [-0.1, -0.05) is 88.6 Å². The Kier molecular flexibility index (Phi) is 9.94. The lowest BCUT2D eigenvalue weighted by Crippen LogP contribution is -2.32. The Bertz CT molecular complexity index is 561. The summed E-state index contributed by atoms with van der Waals surface area (Å²) in [5.74, 6) is 2.35. The molecule has 1 heterocycles. The quantitative estimate of drug-likeness (QED) is 0.287. The second-order valence-corrected chi connectivity index (χ2v) is 7.83. The van der Waals surface area contributed by atoms with Gasteiger partial charge in [-0.2, -0.15) is 4.57 Å². The Morgan fingerprint density at radius 3 is 2.12 bits per heavy atom. The molecule has 0 spiro atoms. The number of hydrogen-bond donors (Lipinski definition) is 0. The van der Waals surface area contributed by atoms with Gasteiger partial charge in [0, 0.05) is 17.5 Å². The van der Waals surface area contributed by atoms with E-state index in [0.717, 1.165) is 5.88 Å². The van der Waals surface area contributed by atoms with Crippen LogP contribution < -0.4 is 4.57 Å². The Balaban J connectivity index is 1.49. The van der Waals surface area contributed by atoms with E-state index in [1.807, 2.05) is 0 Å². The average molecular weight is 345 g/mol. The predicted octanol–water partition coefficient (Wildman–Crippen LogP) is 6.74. The number of para-hydroxylation sites is 1. The smallest absolute Gasteiger partial charge is 0.189 e. The lowest BCUT2D eigenvalue weighted by Gasteiger charge is -2.03. The van der Waals surface area contributed by atoms with Crippen molar-refractivity contribution in [3.05, 3.63) is 42.6 Å². The van der Waals surface area contributed by atoms with Crippen molar-refractivity contribution in [3.8, 4) is 0 Å². The third-order valence-corrected chi connectivity index (χ3v) is 5.70. The van der Waals surface area contributed by atoms with Crippen molar-refractivity contribution in [1.82, 2.24) is 0 Å².